The zero-order valence-corrected chi connectivity index (χ0v) is 38.3. The smallest absolute Gasteiger partial charge is 0.305 e. The molecule has 6 amide bonds. The van der Waals surface area contributed by atoms with Crippen LogP contribution in [0.1, 0.15) is 89.8 Å². The van der Waals surface area contributed by atoms with Crippen LogP contribution in [0.2, 0.25) is 0 Å². The van der Waals surface area contributed by atoms with Crippen molar-refractivity contribution in [2.75, 3.05) is 5.75 Å². The predicted molar refractivity (Wildman–Crippen MR) is 240 cm³/mol. The van der Waals surface area contributed by atoms with Gasteiger partial charge in [-0.1, -0.05) is 89.2 Å². The maximum Gasteiger partial charge on any atom is 0.305 e. The van der Waals surface area contributed by atoms with Crippen molar-refractivity contribution in [2.45, 2.75) is 128 Å². The van der Waals surface area contributed by atoms with E-state index in [-0.39, 0.29) is 24.5 Å². The number of nitrogens with one attached hydrogen (secondary N) is 6. The second kappa shape index (κ2) is 27.1. The molecular weight excluding hydrogens is 865 g/mol. The lowest BCUT2D eigenvalue weighted by atomic mass is 9.85. The molecule has 2 aromatic carbocycles. The number of aliphatic carboxylic acids is 3. The van der Waals surface area contributed by atoms with Crippen molar-refractivity contribution in [3.05, 3.63) is 71.3 Å². The number of carbonyl (C=O) groups excluding carboxylic acids is 7. The number of hydrogen-bond acceptors (Lipinski definition) is 11. The molecule has 0 aromatic heterocycles. The Morgan fingerprint density at radius 3 is 1.75 bits per heavy atom. The number of benzene rings is 2. The molecule has 0 heterocycles. The van der Waals surface area contributed by atoms with Gasteiger partial charge in [0.1, 0.15) is 36.5 Å². The molecule has 0 spiro atoms. The lowest BCUT2D eigenvalue weighted by Gasteiger charge is -2.33. The van der Waals surface area contributed by atoms with Gasteiger partial charge in [0, 0.05) is 30.8 Å². The van der Waals surface area contributed by atoms with E-state index in [0.717, 1.165) is 11.1 Å². The van der Waals surface area contributed by atoms with Crippen molar-refractivity contribution in [3.63, 3.8) is 0 Å². The molecule has 20 heteroatoms. The van der Waals surface area contributed by atoms with Crippen molar-refractivity contribution in [2.24, 2.45) is 11.3 Å². The van der Waals surface area contributed by atoms with Gasteiger partial charge in [0.15, 0.2) is 0 Å². The van der Waals surface area contributed by atoms with Crippen molar-refractivity contribution >= 4 is 71.4 Å². The monoisotopic (exact) mass is 926 g/mol. The zero-order valence-electron chi connectivity index (χ0n) is 37.5. The van der Waals surface area contributed by atoms with E-state index in [1.165, 1.54) is 11.8 Å². The number of aldehydes is 1. The van der Waals surface area contributed by atoms with Gasteiger partial charge in [0.25, 0.3) is 0 Å². The Morgan fingerprint density at radius 1 is 0.631 bits per heavy atom. The molecule has 0 aliphatic heterocycles. The molecule has 356 valence electrons. The standard InChI is InChI=1S/C45H62N6O13S/c1-26(2)20-32(41(61)46-30(23-52)25-65-24-28-13-8-7-9-14-28)50-44(64)39(45(4,5)6)51-43(63)33(21-29-15-11-10-12-27(29)3)49-40(60)31(16-18-36(54)55)48-42(62)34(22-38(58)59)47-35(53)17-19-37(56)57/h7-15,23,26,30-34,39H,16-22,24-25H2,1-6H3,(H,46,61)(H,47,53)(H,48,62)(H,49,60)(H,50,64)(H,51,63)(H,54,55)(H,56,57)(H,58,59)/t30-,31+,32+,33+,34+,39-/m1/s1. The van der Waals surface area contributed by atoms with Crippen LogP contribution in [-0.2, 0) is 60.1 Å². The summed E-state index contributed by atoms with van der Waals surface area (Å²) in [5, 5.41) is 42.9. The van der Waals surface area contributed by atoms with Crippen molar-refractivity contribution < 1.29 is 63.3 Å². The van der Waals surface area contributed by atoms with E-state index >= 15 is 0 Å². The third-order valence-corrected chi connectivity index (χ3v) is 11.0. The van der Waals surface area contributed by atoms with Crippen LogP contribution in [0.4, 0.5) is 0 Å². The van der Waals surface area contributed by atoms with Crippen LogP contribution in [0, 0.1) is 18.3 Å². The van der Waals surface area contributed by atoms with Crippen LogP contribution < -0.4 is 31.9 Å². The Kier molecular flexibility index (Phi) is 22.9. The van der Waals surface area contributed by atoms with Gasteiger partial charge in [-0.05, 0) is 47.8 Å². The van der Waals surface area contributed by atoms with Gasteiger partial charge in [-0.2, -0.15) is 11.8 Å². The van der Waals surface area contributed by atoms with Gasteiger partial charge in [-0.3, -0.25) is 43.2 Å². The summed E-state index contributed by atoms with van der Waals surface area (Å²) in [6, 6.07) is 8.24. The molecule has 19 nitrogen and oxygen atoms in total. The summed E-state index contributed by atoms with van der Waals surface area (Å²) < 4.78 is 0. The van der Waals surface area contributed by atoms with E-state index < -0.39 is 127 Å². The lowest BCUT2D eigenvalue weighted by Crippen LogP contribution is -2.62. The fourth-order valence-electron chi connectivity index (χ4n) is 6.37. The first kappa shape index (κ1) is 54.8. The number of carboxylic acids is 3. The van der Waals surface area contributed by atoms with Crippen molar-refractivity contribution in [1.29, 1.82) is 0 Å². The highest BCUT2D eigenvalue weighted by atomic mass is 32.2. The van der Waals surface area contributed by atoms with Gasteiger partial charge in [-0.15, -0.1) is 0 Å². The number of carbonyl (C=O) groups is 10. The van der Waals surface area contributed by atoms with E-state index in [1.54, 1.807) is 52.0 Å². The van der Waals surface area contributed by atoms with Crippen LogP contribution in [0.25, 0.3) is 0 Å². The minimum absolute atomic E-state index is 0.0910. The quantitative estimate of drug-likeness (QED) is 0.0551. The minimum atomic E-state index is -1.80. The molecule has 65 heavy (non-hydrogen) atoms. The number of thioether (sulfide) groups is 1. The zero-order chi connectivity index (χ0) is 48.9. The fraction of sp³-hybridized carbons (Fsp3) is 0.511. The predicted octanol–water partition coefficient (Wildman–Crippen LogP) is 1.88. The van der Waals surface area contributed by atoms with E-state index in [2.05, 4.69) is 31.9 Å². The Labute approximate surface area is 382 Å². The summed E-state index contributed by atoms with van der Waals surface area (Å²) in [5.41, 5.74) is 1.37. The molecule has 0 bridgehead atoms. The van der Waals surface area contributed by atoms with Gasteiger partial charge >= 0.3 is 17.9 Å². The summed E-state index contributed by atoms with van der Waals surface area (Å²) in [4.78, 5) is 128. The molecule has 0 saturated carbocycles. The van der Waals surface area contributed by atoms with Crippen LogP contribution in [-0.4, -0.2) is 117 Å². The average molecular weight is 927 g/mol. The molecule has 6 atom stereocenters. The molecule has 0 aliphatic rings. The average Bonchev–Trinajstić information content (AvgIpc) is 3.22. The molecule has 2 rings (SSSR count). The first-order chi connectivity index (χ1) is 30.5. The molecule has 0 radical (unpaired) electrons. The minimum Gasteiger partial charge on any atom is -0.481 e. The molecule has 0 unspecified atom stereocenters. The van der Waals surface area contributed by atoms with E-state index in [4.69, 9.17) is 5.11 Å². The summed E-state index contributed by atoms with van der Waals surface area (Å²) >= 11 is 1.45. The fourth-order valence-corrected chi connectivity index (χ4v) is 7.33. The van der Waals surface area contributed by atoms with Crippen LogP contribution >= 0.6 is 11.8 Å². The number of hydrogen-bond donors (Lipinski definition) is 9. The number of aryl methyl sites for hydroxylation is 1. The van der Waals surface area contributed by atoms with Crippen molar-refractivity contribution in [3.8, 4) is 0 Å². The number of carboxylic acid groups (broad SMARTS) is 3. The Morgan fingerprint density at radius 2 is 1.18 bits per heavy atom. The highest BCUT2D eigenvalue weighted by molar-refractivity contribution is 7.98. The number of amides is 6. The maximum atomic E-state index is 14.3. The Hall–Kier alpha value is -6.31. The lowest BCUT2D eigenvalue weighted by molar-refractivity contribution is -0.142. The molecule has 0 aliphatic carbocycles. The molecule has 2 aromatic rings. The van der Waals surface area contributed by atoms with Gasteiger partial charge in [-0.25, -0.2) is 0 Å². The SMILES string of the molecule is Cc1ccccc1C[C@H](NC(=O)[C@H](CCC(=O)O)NC(=O)[C@H](CC(=O)O)NC(=O)CCC(=O)O)C(=O)N[C@H](C(=O)N[C@@H](CC(C)C)C(=O)N[C@H](C=O)CSCc1ccccc1)C(C)(C)C. The summed E-state index contributed by atoms with van der Waals surface area (Å²) in [6.45, 7) is 10.5. The van der Waals surface area contributed by atoms with Gasteiger partial charge in [0.2, 0.25) is 35.4 Å². The molecular formula is C45H62N6O13S. The second-order valence-corrected chi connectivity index (χ2v) is 18.1. The van der Waals surface area contributed by atoms with E-state index in [9.17, 15) is 58.2 Å². The highest BCUT2D eigenvalue weighted by Crippen LogP contribution is 2.21. The van der Waals surface area contributed by atoms with Crippen LogP contribution in [0.15, 0.2) is 54.6 Å². The topological polar surface area (TPSA) is 304 Å². The normalized spacial score (nSPS) is 14.0. The second-order valence-electron chi connectivity index (χ2n) is 17.0. The summed E-state index contributed by atoms with van der Waals surface area (Å²) in [5.74, 6) is -8.86. The largest absolute Gasteiger partial charge is 0.481 e. The first-order valence-electron chi connectivity index (χ1n) is 21.1. The molecule has 0 saturated heterocycles. The summed E-state index contributed by atoms with van der Waals surface area (Å²) in [6.07, 6.45) is -2.74. The third-order valence-electron chi connectivity index (χ3n) is 9.85. The van der Waals surface area contributed by atoms with Gasteiger partial charge < -0.3 is 52.0 Å². The molecule has 0 fully saturated rings. The first-order valence-corrected chi connectivity index (χ1v) is 22.2. The van der Waals surface area contributed by atoms with E-state index in [1.807, 2.05) is 44.2 Å². The molecule has 9 N–H and O–H groups in total. The van der Waals surface area contributed by atoms with Gasteiger partial charge in [0.05, 0.1) is 18.9 Å². The Balaban J connectivity index is 2.41. The van der Waals surface area contributed by atoms with E-state index in [0.29, 0.717) is 17.6 Å². The van der Waals surface area contributed by atoms with Crippen molar-refractivity contribution in [1.82, 2.24) is 31.9 Å². The van der Waals surface area contributed by atoms with Crippen LogP contribution in [0.5, 0.6) is 0 Å². The third kappa shape index (κ3) is 20.8. The van der Waals surface area contributed by atoms with Crippen LogP contribution in [0.3, 0.4) is 0 Å². The Bertz CT molecular complexity index is 1990. The summed E-state index contributed by atoms with van der Waals surface area (Å²) in [7, 11) is 0. The highest BCUT2D eigenvalue weighted by Gasteiger charge is 2.38. The maximum absolute atomic E-state index is 14.3. The number of rotatable bonds is 28.